The van der Waals surface area contributed by atoms with E-state index in [9.17, 15) is 9.59 Å². The van der Waals surface area contributed by atoms with Crippen molar-refractivity contribution in [3.63, 3.8) is 0 Å². The Kier molecular flexibility index (Phi) is 5.55. The van der Waals surface area contributed by atoms with Crippen LogP contribution in [0.1, 0.15) is 36.7 Å². The van der Waals surface area contributed by atoms with Crippen LogP contribution in [-0.4, -0.2) is 29.6 Å². The number of rotatable bonds is 6. The average Bonchev–Trinajstić information content (AvgIpc) is 2.35. The van der Waals surface area contributed by atoms with Gasteiger partial charge >= 0.3 is 5.97 Å². The van der Waals surface area contributed by atoms with E-state index < -0.39 is 12.1 Å². The van der Waals surface area contributed by atoms with Crippen LogP contribution in [0.4, 0.5) is 0 Å². The second-order valence-corrected chi connectivity index (χ2v) is 5.20. The molecule has 110 valence electrons. The lowest BCUT2D eigenvalue weighted by atomic mass is 10.1. The predicted molar refractivity (Wildman–Crippen MR) is 76.1 cm³/mol. The van der Waals surface area contributed by atoms with Gasteiger partial charge in [0.2, 0.25) is 0 Å². The Morgan fingerprint density at radius 2 is 1.95 bits per heavy atom. The minimum atomic E-state index is -1.07. The topological polar surface area (TPSA) is 75.6 Å². The first kappa shape index (κ1) is 16.0. The van der Waals surface area contributed by atoms with E-state index >= 15 is 0 Å². The van der Waals surface area contributed by atoms with E-state index in [2.05, 4.69) is 5.32 Å². The van der Waals surface area contributed by atoms with Crippen LogP contribution in [0, 0.1) is 12.8 Å². The van der Waals surface area contributed by atoms with E-state index in [0.717, 1.165) is 5.56 Å². The lowest BCUT2D eigenvalue weighted by molar-refractivity contribution is -0.127. The van der Waals surface area contributed by atoms with Gasteiger partial charge in [-0.05, 0) is 37.5 Å². The monoisotopic (exact) mass is 279 g/mol. The van der Waals surface area contributed by atoms with Gasteiger partial charge in [0, 0.05) is 6.54 Å². The molecule has 5 nitrogen and oxygen atoms in total. The molecular weight excluding hydrogens is 258 g/mol. The molecule has 0 fully saturated rings. The molecule has 0 aliphatic rings. The number of aryl methyl sites for hydroxylation is 1. The summed E-state index contributed by atoms with van der Waals surface area (Å²) in [6.45, 7) is 7.99. The minimum absolute atomic E-state index is 0.0547. The molecule has 1 rings (SSSR count). The van der Waals surface area contributed by atoms with Crippen LogP contribution in [0.2, 0.25) is 0 Å². The molecular formula is C15H21NO4. The molecule has 0 aliphatic carbocycles. The number of hydrogen-bond acceptors (Lipinski definition) is 3. The lowest BCUT2D eigenvalue weighted by Gasteiger charge is -2.17. The molecule has 20 heavy (non-hydrogen) atoms. The number of carbonyl (C=O) groups is 2. The fourth-order valence-electron chi connectivity index (χ4n) is 1.60. The number of carbonyl (C=O) groups excluding carboxylic acids is 1. The second-order valence-electron chi connectivity index (χ2n) is 5.20. The van der Waals surface area contributed by atoms with Crippen molar-refractivity contribution in [1.29, 1.82) is 0 Å². The van der Waals surface area contributed by atoms with E-state index in [1.807, 2.05) is 20.8 Å². The summed E-state index contributed by atoms with van der Waals surface area (Å²) >= 11 is 0. The van der Waals surface area contributed by atoms with Crippen molar-refractivity contribution in [3.05, 3.63) is 29.3 Å². The summed E-state index contributed by atoms with van der Waals surface area (Å²) in [5, 5.41) is 11.9. The zero-order valence-corrected chi connectivity index (χ0v) is 12.3. The molecule has 1 unspecified atom stereocenters. The third-order valence-corrected chi connectivity index (χ3v) is 2.73. The molecule has 2 N–H and O–H groups in total. The molecule has 0 aromatic heterocycles. The maximum Gasteiger partial charge on any atom is 0.339 e. The largest absolute Gasteiger partial charge is 0.480 e. The number of carboxylic acid groups (broad SMARTS) is 1. The highest BCUT2D eigenvalue weighted by Crippen LogP contribution is 2.21. The lowest BCUT2D eigenvalue weighted by Crippen LogP contribution is -2.38. The maximum absolute atomic E-state index is 11.8. The highest BCUT2D eigenvalue weighted by Gasteiger charge is 2.18. The van der Waals surface area contributed by atoms with Gasteiger partial charge in [-0.1, -0.05) is 19.9 Å². The Balaban J connectivity index is 2.79. The first-order valence-corrected chi connectivity index (χ1v) is 6.59. The van der Waals surface area contributed by atoms with Crippen LogP contribution in [0.15, 0.2) is 18.2 Å². The van der Waals surface area contributed by atoms with Crippen molar-refractivity contribution >= 4 is 11.9 Å². The molecule has 0 saturated carbocycles. The summed E-state index contributed by atoms with van der Waals surface area (Å²) < 4.78 is 5.49. The molecule has 0 bridgehead atoms. The number of nitrogens with one attached hydrogen (secondary N) is 1. The van der Waals surface area contributed by atoms with E-state index in [4.69, 9.17) is 9.84 Å². The first-order valence-electron chi connectivity index (χ1n) is 6.59. The zero-order valence-electron chi connectivity index (χ0n) is 12.3. The molecule has 1 aromatic carbocycles. The molecule has 0 heterocycles. The summed E-state index contributed by atoms with van der Waals surface area (Å²) in [7, 11) is 0. The number of benzene rings is 1. The number of carboxylic acids is 1. The standard InChI is InChI=1S/C15H21NO4/c1-9(2)8-16-14(17)11(4)20-13-7-10(3)5-6-12(13)15(18)19/h5-7,9,11H,8H2,1-4H3,(H,16,17)(H,18,19). The van der Waals surface area contributed by atoms with Crippen molar-refractivity contribution in [2.24, 2.45) is 5.92 Å². The smallest absolute Gasteiger partial charge is 0.339 e. The maximum atomic E-state index is 11.8. The Labute approximate surface area is 118 Å². The Morgan fingerprint density at radius 1 is 1.30 bits per heavy atom. The summed E-state index contributed by atoms with van der Waals surface area (Å²) in [5.74, 6) is -0.768. The Morgan fingerprint density at radius 3 is 2.50 bits per heavy atom. The molecule has 0 aliphatic heterocycles. The quantitative estimate of drug-likeness (QED) is 0.837. The van der Waals surface area contributed by atoms with Gasteiger partial charge in [-0.25, -0.2) is 4.79 Å². The van der Waals surface area contributed by atoms with Gasteiger partial charge in [-0.15, -0.1) is 0 Å². The Hall–Kier alpha value is -2.04. The van der Waals surface area contributed by atoms with Crippen molar-refractivity contribution in [1.82, 2.24) is 5.32 Å². The van der Waals surface area contributed by atoms with Crippen molar-refractivity contribution < 1.29 is 19.4 Å². The molecule has 5 heteroatoms. The fourth-order valence-corrected chi connectivity index (χ4v) is 1.60. The van der Waals surface area contributed by atoms with Crippen LogP contribution >= 0.6 is 0 Å². The molecule has 1 atom stereocenters. The Bertz CT molecular complexity index is 497. The second kappa shape index (κ2) is 6.93. The van der Waals surface area contributed by atoms with E-state index in [1.165, 1.54) is 6.07 Å². The number of amides is 1. The van der Waals surface area contributed by atoms with Crippen molar-refractivity contribution in [3.8, 4) is 5.75 Å². The van der Waals surface area contributed by atoms with Gasteiger partial charge < -0.3 is 15.2 Å². The van der Waals surface area contributed by atoms with Crippen LogP contribution in [0.5, 0.6) is 5.75 Å². The number of aromatic carboxylic acids is 1. The highest BCUT2D eigenvalue weighted by molar-refractivity contribution is 5.91. The van der Waals surface area contributed by atoms with Crippen LogP contribution in [0.3, 0.4) is 0 Å². The van der Waals surface area contributed by atoms with Crippen molar-refractivity contribution in [2.75, 3.05) is 6.54 Å². The minimum Gasteiger partial charge on any atom is -0.480 e. The predicted octanol–water partition coefficient (Wildman–Crippen LogP) is 2.23. The molecule has 1 aromatic rings. The number of hydrogen-bond donors (Lipinski definition) is 2. The summed E-state index contributed by atoms with van der Waals surface area (Å²) in [4.78, 5) is 23.0. The third kappa shape index (κ3) is 4.57. The van der Waals surface area contributed by atoms with E-state index in [-0.39, 0.29) is 17.2 Å². The van der Waals surface area contributed by atoms with E-state index in [0.29, 0.717) is 12.5 Å². The first-order chi connectivity index (χ1) is 9.31. The SMILES string of the molecule is Cc1ccc(C(=O)O)c(OC(C)C(=O)NCC(C)C)c1. The van der Waals surface area contributed by atoms with Gasteiger partial charge in [-0.3, -0.25) is 4.79 Å². The summed E-state index contributed by atoms with van der Waals surface area (Å²) in [6, 6.07) is 4.79. The molecule has 0 spiro atoms. The third-order valence-electron chi connectivity index (χ3n) is 2.73. The van der Waals surface area contributed by atoms with Crippen LogP contribution in [0.25, 0.3) is 0 Å². The molecule has 0 saturated heterocycles. The number of ether oxygens (including phenoxy) is 1. The molecule has 1 amide bonds. The summed E-state index contributed by atoms with van der Waals surface area (Å²) in [6.07, 6.45) is -0.742. The zero-order chi connectivity index (χ0) is 15.3. The molecule has 0 radical (unpaired) electrons. The normalized spacial score (nSPS) is 12.1. The van der Waals surface area contributed by atoms with Gasteiger partial charge in [0.25, 0.3) is 5.91 Å². The summed E-state index contributed by atoms with van der Waals surface area (Å²) in [5.41, 5.74) is 0.930. The van der Waals surface area contributed by atoms with Gasteiger partial charge in [-0.2, -0.15) is 0 Å². The van der Waals surface area contributed by atoms with E-state index in [1.54, 1.807) is 19.1 Å². The van der Waals surface area contributed by atoms with Gasteiger partial charge in [0.05, 0.1) is 0 Å². The van der Waals surface area contributed by atoms with Crippen LogP contribution < -0.4 is 10.1 Å². The van der Waals surface area contributed by atoms with Crippen LogP contribution in [-0.2, 0) is 4.79 Å². The fraction of sp³-hybridized carbons (Fsp3) is 0.467. The highest BCUT2D eigenvalue weighted by atomic mass is 16.5. The van der Waals surface area contributed by atoms with Crippen molar-refractivity contribution in [2.45, 2.75) is 33.8 Å². The van der Waals surface area contributed by atoms with Gasteiger partial charge in [0.15, 0.2) is 6.10 Å². The van der Waals surface area contributed by atoms with Gasteiger partial charge in [0.1, 0.15) is 11.3 Å². The average molecular weight is 279 g/mol.